The number of hydrogen-bond acceptors (Lipinski definition) is 2. The summed E-state index contributed by atoms with van der Waals surface area (Å²) in [4.78, 5) is 3.84. The van der Waals surface area contributed by atoms with Crippen LogP contribution in [0.1, 0.15) is 0 Å². The molecule has 0 spiro atoms. The highest BCUT2D eigenvalue weighted by Crippen LogP contribution is 2.30. The van der Waals surface area contributed by atoms with Crippen LogP contribution in [0.25, 0.3) is 11.1 Å². The second-order valence-corrected chi connectivity index (χ2v) is 6.69. The summed E-state index contributed by atoms with van der Waals surface area (Å²) in [6.07, 6.45) is 2.10. The van der Waals surface area contributed by atoms with Crippen LogP contribution in [0.3, 0.4) is 0 Å². The van der Waals surface area contributed by atoms with Crippen molar-refractivity contribution in [3.8, 4) is 11.1 Å². The van der Waals surface area contributed by atoms with Gasteiger partial charge in [0.25, 0.3) is 0 Å². The normalized spacial score (nSPS) is 10.5. The number of thioether (sulfide) groups is 1. The minimum atomic E-state index is 1.26. The van der Waals surface area contributed by atoms with Gasteiger partial charge in [-0.05, 0) is 53.8 Å². The lowest BCUT2D eigenvalue weighted by molar-refractivity contribution is 1.40. The third-order valence-corrected chi connectivity index (χ3v) is 5.02. The molecule has 0 atom stereocenters. The van der Waals surface area contributed by atoms with E-state index in [-0.39, 0.29) is 0 Å². The van der Waals surface area contributed by atoms with E-state index in [4.69, 9.17) is 0 Å². The fraction of sp³-hybridized carbons (Fsp3) is 0.0526. The Morgan fingerprint density at radius 2 is 1.00 bits per heavy atom. The van der Waals surface area contributed by atoms with Crippen LogP contribution in [0.4, 0.5) is 0 Å². The molecule has 0 aromatic heterocycles. The summed E-state index contributed by atoms with van der Waals surface area (Å²) >= 11 is 3.57. The smallest absolute Gasteiger partial charge is 0.0122 e. The van der Waals surface area contributed by atoms with Gasteiger partial charge >= 0.3 is 0 Å². The molecule has 3 rings (SSSR count). The highest BCUT2D eigenvalue weighted by Gasteiger charge is 2.00. The van der Waals surface area contributed by atoms with E-state index in [0.717, 1.165) is 0 Å². The Bertz CT molecular complexity index is 686. The van der Waals surface area contributed by atoms with E-state index in [9.17, 15) is 0 Å². The van der Waals surface area contributed by atoms with Gasteiger partial charge in [0.05, 0.1) is 0 Å². The highest BCUT2D eigenvalue weighted by molar-refractivity contribution is 7.99. The lowest BCUT2D eigenvalue weighted by Crippen LogP contribution is -1.79. The monoisotopic (exact) mass is 308 g/mol. The standard InChI is InChI=1S/C19H16S2/c1-20-17-11-7-15(8-12-17)16-9-13-19(14-10-16)21-18-5-3-2-4-6-18/h2-14H,1H3. The fourth-order valence-corrected chi connectivity index (χ4v) is 3.37. The SMILES string of the molecule is CSc1ccc(-c2ccc(Sc3ccccc3)cc2)cc1. The third kappa shape index (κ3) is 3.72. The molecule has 0 aliphatic heterocycles. The molecule has 0 heterocycles. The summed E-state index contributed by atoms with van der Waals surface area (Å²) in [7, 11) is 0. The van der Waals surface area contributed by atoms with Gasteiger partial charge in [0.1, 0.15) is 0 Å². The van der Waals surface area contributed by atoms with E-state index in [1.807, 2.05) is 6.07 Å². The minimum Gasteiger partial charge on any atom is -0.130 e. The Kier molecular flexibility index (Phi) is 4.69. The van der Waals surface area contributed by atoms with Gasteiger partial charge in [-0.3, -0.25) is 0 Å². The first-order chi connectivity index (χ1) is 10.3. The number of hydrogen-bond donors (Lipinski definition) is 0. The summed E-state index contributed by atoms with van der Waals surface area (Å²) in [5, 5.41) is 0. The van der Waals surface area contributed by atoms with Gasteiger partial charge in [-0.1, -0.05) is 54.2 Å². The molecule has 2 heteroatoms. The average Bonchev–Trinajstić information content (AvgIpc) is 2.57. The van der Waals surface area contributed by atoms with Crippen LogP contribution in [-0.4, -0.2) is 6.26 Å². The summed E-state index contributed by atoms with van der Waals surface area (Å²) in [5.74, 6) is 0. The Hall–Kier alpha value is -1.64. The Labute approximate surface area is 134 Å². The van der Waals surface area contributed by atoms with Gasteiger partial charge in [0.15, 0.2) is 0 Å². The van der Waals surface area contributed by atoms with E-state index in [0.29, 0.717) is 0 Å². The van der Waals surface area contributed by atoms with Crippen molar-refractivity contribution in [2.75, 3.05) is 6.26 Å². The topological polar surface area (TPSA) is 0 Å². The number of benzene rings is 3. The van der Waals surface area contributed by atoms with Crippen LogP contribution < -0.4 is 0 Å². The van der Waals surface area contributed by atoms with Crippen LogP contribution in [-0.2, 0) is 0 Å². The summed E-state index contributed by atoms with van der Waals surface area (Å²) in [6.45, 7) is 0. The molecule has 0 aliphatic carbocycles. The predicted octanol–water partition coefficient (Wildman–Crippen LogP) is 6.23. The Morgan fingerprint density at radius 1 is 0.524 bits per heavy atom. The van der Waals surface area contributed by atoms with Gasteiger partial charge in [0.2, 0.25) is 0 Å². The molecule has 0 unspecified atom stereocenters. The highest BCUT2D eigenvalue weighted by atomic mass is 32.2. The lowest BCUT2D eigenvalue weighted by Gasteiger charge is -2.05. The molecule has 0 saturated heterocycles. The van der Waals surface area contributed by atoms with Crippen molar-refractivity contribution in [3.05, 3.63) is 78.9 Å². The van der Waals surface area contributed by atoms with Crippen molar-refractivity contribution in [3.63, 3.8) is 0 Å². The maximum atomic E-state index is 2.19. The fourth-order valence-electron chi connectivity index (χ4n) is 2.12. The zero-order valence-electron chi connectivity index (χ0n) is 11.8. The number of rotatable bonds is 4. The quantitative estimate of drug-likeness (QED) is 0.524. The van der Waals surface area contributed by atoms with E-state index in [1.54, 1.807) is 23.5 Å². The molecule has 0 amide bonds. The maximum absolute atomic E-state index is 2.19. The van der Waals surface area contributed by atoms with Crippen molar-refractivity contribution < 1.29 is 0 Å². The van der Waals surface area contributed by atoms with Crippen molar-refractivity contribution in [2.24, 2.45) is 0 Å². The van der Waals surface area contributed by atoms with E-state index in [2.05, 4.69) is 79.1 Å². The van der Waals surface area contributed by atoms with E-state index in [1.165, 1.54) is 25.8 Å². The molecule has 3 aromatic carbocycles. The second-order valence-electron chi connectivity index (χ2n) is 4.67. The van der Waals surface area contributed by atoms with Gasteiger partial charge in [-0.15, -0.1) is 11.8 Å². The minimum absolute atomic E-state index is 1.26. The average molecular weight is 308 g/mol. The van der Waals surface area contributed by atoms with Crippen LogP contribution in [0.5, 0.6) is 0 Å². The molecule has 3 aromatic rings. The van der Waals surface area contributed by atoms with E-state index < -0.39 is 0 Å². The maximum Gasteiger partial charge on any atom is 0.0122 e. The first-order valence-electron chi connectivity index (χ1n) is 6.82. The second kappa shape index (κ2) is 6.88. The molecule has 0 radical (unpaired) electrons. The van der Waals surface area contributed by atoms with Gasteiger partial charge < -0.3 is 0 Å². The zero-order valence-corrected chi connectivity index (χ0v) is 13.5. The third-order valence-electron chi connectivity index (χ3n) is 3.26. The van der Waals surface area contributed by atoms with Crippen molar-refractivity contribution in [1.29, 1.82) is 0 Å². The molecule has 0 bridgehead atoms. The van der Waals surface area contributed by atoms with Crippen LogP contribution in [0.15, 0.2) is 93.5 Å². The zero-order chi connectivity index (χ0) is 14.5. The predicted molar refractivity (Wildman–Crippen MR) is 94.2 cm³/mol. The molecule has 0 nitrogen and oxygen atoms in total. The van der Waals surface area contributed by atoms with E-state index >= 15 is 0 Å². The van der Waals surface area contributed by atoms with Crippen LogP contribution >= 0.6 is 23.5 Å². The van der Waals surface area contributed by atoms with Gasteiger partial charge in [-0.2, -0.15) is 0 Å². The largest absolute Gasteiger partial charge is 0.130 e. The molecule has 21 heavy (non-hydrogen) atoms. The first kappa shape index (κ1) is 14.3. The lowest BCUT2D eigenvalue weighted by atomic mass is 10.1. The summed E-state index contributed by atoms with van der Waals surface area (Å²) in [6, 6.07) is 28.0. The van der Waals surface area contributed by atoms with Crippen LogP contribution in [0.2, 0.25) is 0 Å². The van der Waals surface area contributed by atoms with Gasteiger partial charge in [-0.25, -0.2) is 0 Å². The van der Waals surface area contributed by atoms with Gasteiger partial charge in [0, 0.05) is 14.7 Å². The molecule has 0 N–H and O–H groups in total. The molecule has 0 saturated carbocycles. The molecular weight excluding hydrogens is 292 g/mol. The summed E-state index contributed by atoms with van der Waals surface area (Å²) < 4.78 is 0. The summed E-state index contributed by atoms with van der Waals surface area (Å²) in [5.41, 5.74) is 2.53. The molecule has 0 fully saturated rings. The molecule has 0 aliphatic rings. The Morgan fingerprint density at radius 3 is 1.52 bits per heavy atom. The van der Waals surface area contributed by atoms with Crippen molar-refractivity contribution in [1.82, 2.24) is 0 Å². The van der Waals surface area contributed by atoms with Crippen molar-refractivity contribution >= 4 is 23.5 Å². The first-order valence-corrected chi connectivity index (χ1v) is 8.87. The van der Waals surface area contributed by atoms with Crippen LogP contribution in [0, 0.1) is 0 Å². The molecular formula is C19H16S2. The Balaban J connectivity index is 1.77. The molecule has 104 valence electrons. The van der Waals surface area contributed by atoms with Crippen molar-refractivity contribution in [2.45, 2.75) is 14.7 Å².